The second-order valence-electron chi connectivity index (χ2n) is 6.13. The summed E-state index contributed by atoms with van der Waals surface area (Å²) in [5.74, 6) is -2.25. The number of carbonyl (C=O) groups excluding carboxylic acids is 1. The molecule has 3 aromatic carbocycles. The van der Waals surface area contributed by atoms with Crippen LogP contribution in [0.5, 0.6) is 11.5 Å². The van der Waals surface area contributed by atoms with E-state index in [0.29, 0.717) is 15.1 Å². The Labute approximate surface area is 186 Å². The molecule has 0 unspecified atom stereocenters. The number of phenolic OH excluding ortho intramolecular Hbond substituents is 1. The molecule has 29 heavy (non-hydrogen) atoms. The molecule has 3 rings (SSSR count). The summed E-state index contributed by atoms with van der Waals surface area (Å²) < 4.78 is 0. The van der Waals surface area contributed by atoms with E-state index < -0.39 is 22.8 Å². The Morgan fingerprint density at radius 3 is 2.14 bits per heavy atom. The number of nitrogens with zero attached hydrogens (tertiary/aromatic N) is 1. The third kappa shape index (κ3) is 4.10. The minimum atomic E-state index is -0.896. The molecular formula is C20H12Cl4NO4-. The molecular weight excluding hydrogens is 460 g/mol. The average molecular weight is 472 g/mol. The molecule has 0 amide bonds. The highest BCUT2D eigenvalue weighted by atomic mass is 35.5. The van der Waals surface area contributed by atoms with Crippen LogP contribution in [-0.2, 0) is 0 Å². The van der Waals surface area contributed by atoms with Crippen molar-refractivity contribution in [1.82, 2.24) is 0 Å². The molecule has 3 aromatic rings. The number of benzene rings is 3. The number of hydrogen-bond donors (Lipinski definition) is 2. The Hall–Kier alpha value is -2.15. The van der Waals surface area contributed by atoms with Gasteiger partial charge in [0.1, 0.15) is 5.75 Å². The van der Waals surface area contributed by atoms with Crippen molar-refractivity contribution in [2.24, 2.45) is 0 Å². The quantitative estimate of drug-likeness (QED) is 0.352. The van der Waals surface area contributed by atoms with Crippen LogP contribution >= 0.6 is 46.4 Å². The minimum absolute atomic E-state index is 0.0185. The largest absolute Gasteiger partial charge is 0.870 e. The SMILES string of the molecule is Cc1cc(O)c(C(=O)c2ccc(Cl)cc2Cl)c([O-])c1N(O)c1ccc(Cl)cc1Cl. The molecule has 0 aliphatic rings. The van der Waals surface area contributed by atoms with Crippen LogP contribution in [0.1, 0.15) is 21.5 Å². The van der Waals surface area contributed by atoms with E-state index in [1.165, 1.54) is 49.4 Å². The standard InChI is InChI=1S/C20H13Cl4NO4/c1-9-6-16(26)17(19(27)12-4-2-10(21)7-13(12)23)20(28)18(9)25(29)15-5-3-11(22)8-14(15)24/h2-8,26,28-29H,1H3/p-1. The lowest BCUT2D eigenvalue weighted by atomic mass is 9.98. The van der Waals surface area contributed by atoms with Gasteiger partial charge in [-0.05, 0) is 55.0 Å². The van der Waals surface area contributed by atoms with E-state index in [1.807, 2.05) is 0 Å². The van der Waals surface area contributed by atoms with E-state index in [4.69, 9.17) is 46.4 Å². The number of aromatic hydroxyl groups is 1. The summed E-state index contributed by atoms with van der Waals surface area (Å²) in [7, 11) is 0. The Balaban J connectivity index is 2.17. The second kappa shape index (κ2) is 8.30. The summed E-state index contributed by atoms with van der Waals surface area (Å²) in [6.45, 7) is 1.49. The van der Waals surface area contributed by atoms with Gasteiger partial charge in [-0.2, -0.15) is 0 Å². The van der Waals surface area contributed by atoms with Gasteiger partial charge in [0.15, 0.2) is 5.78 Å². The number of hydrogen-bond acceptors (Lipinski definition) is 5. The van der Waals surface area contributed by atoms with Crippen LogP contribution in [0.25, 0.3) is 0 Å². The molecule has 2 N–H and O–H groups in total. The summed E-state index contributed by atoms with van der Waals surface area (Å²) in [4.78, 5) is 12.9. The van der Waals surface area contributed by atoms with Crippen molar-refractivity contribution in [3.05, 3.63) is 79.2 Å². The topological polar surface area (TPSA) is 83.8 Å². The highest BCUT2D eigenvalue weighted by molar-refractivity contribution is 6.38. The van der Waals surface area contributed by atoms with E-state index in [1.54, 1.807) is 0 Å². The highest BCUT2D eigenvalue weighted by Gasteiger charge is 2.23. The van der Waals surface area contributed by atoms with Crippen LogP contribution in [0.4, 0.5) is 11.4 Å². The maximum Gasteiger partial charge on any atom is 0.197 e. The number of phenols is 1. The lowest BCUT2D eigenvalue weighted by Crippen LogP contribution is -2.18. The van der Waals surface area contributed by atoms with Crippen molar-refractivity contribution < 1.29 is 20.2 Å². The fraction of sp³-hybridized carbons (Fsp3) is 0.0500. The lowest BCUT2D eigenvalue weighted by Gasteiger charge is -2.28. The average Bonchev–Trinajstić information content (AvgIpc) is 2.60. The Bertz CT molecular complexity index is 1130. The van der Waals surface area contributed by atoms with Crippen LogP contribution < -0.4 is 10.2 Å². The zero-order valence-electron chi connectivity index (χ0n) is 14.7. The summed E-state index contributed by atoms with van der Waals surface area (Å²) in [6.07, 6.45) is 0. The molecule has 0 saturated heterocycles. The summed E-state index contributed by atoms with van der Waals surface area (Å²) in [5.41, 5.74) is -0.517. The van der Waals surface area contributed by atoms with Crippen molar-refractivity contribution in [2.45, 2.75) is 6.92 Å². The lowest BCUT2D eigenvalue weighted by molar-refractivity contribution is -0.268. The molecule has 9 heteroatoms. The Morgan fingerprint density at radius 1 is 0.966 bits per heavy atom. The second-order valence-corrected chi connectivity index (χ2v) is 7.81. The summed E-state index contributed by atoms with van der Waals surface area (Å²) in [6, 6.07) is 9.60. The van der Waals surface area contributed by atoms with Crippen molar-refractivity contribution in [3.63, 3.8) is 0 Å². The molecule has 150 valence electrons. The molecule has 0 aromatic heterocycles. The molecule has 0 aliphatic heterocycles. The molecule has 0 fully saturated rings. The van der Waals surface area contributed by atoms with Crippen LogP contribution in [-0.4, -0.2) is 16.1 Å². The van der Waals surface area contributed by atoms with Gasteiger partial charge in [-0.25, -0.2) is 5.06 Å². The van der Waals surface area contributed by atoms with Gasteiger partial charge < -0.3 is 10.2 Å². The first-order chi connectivity index (χ1) is 13.6. The Kier molecular flexibility index (Phi) is 6.17. The van der Waals surface area contributed by atoms with Gasteiger partial charge in [-0.15, -0.1) is 0 Å². The third-order valence-electron chi connectivity index (χ3n) is 4.18. The maximum atomic E-state index is 13.1. The van der Waals surface area contributed by atoms with Crippen molar-refractivity contribution in [3.8, 4) is 11.5 Å². The molecule has 0 atom stereocenters. The molecule has 5 nitrogen and oxygen atoms in total. The van der Waals surface area contributed by atoms with E-state index >= 15 is 0 Å². The fourth-order valence-corrected chi connectivity index (χ4v) is 3.81. The summed E-state index contributed by atoms with van der Waals surface area (Å²) in [5, 5.41) is 35.3. The molecule has 0 radical (unpaired) electrons. The zero-order chi connectivity index (χ0) is 21.5. The van der Waals surface area contributed by atoms with Gasteiger partial charge in [0, 0.05) is 15.6 Å². The molecule has 0 aliphatic carbocycles. The van der Waals surface area contributed by atoms with Crippen molar-refractivity contribution >= 4 is 63.6 Å². The van der Waals surface area contributed by atoms with E-state index in [2.05, 4.69) is 0 Å². The van der Waals surface area contributed by atoms with Gasteiger partial charge >= 0.3 is 0 Å². The fourth-order valence-electron chi connectivity index (χ4n) is 2.82. The monoisotopic (exact) mass is 470 g/mol. The number of halogens is 4. The molecule has 0 heterocycles. The van der Waals surface area contributed by atoms with E-state index in [-0.39, 0.29) is 32.5 Å². The van der Waals surface area contributed by atoms with Gasteiger partial charge in [0.05, 0.1) is 27.0 Å². The van der Waals surface area contributed by atoms with E-state index in [0.717, 1.165) is 0 Å². The van der Waals surface area contributed by atoms with Crippen LogP contribution in [0, 0.1) is 6.92 Å². The predicted octanol–water partition coefficient (Wildman–Crippen LogP) is 6.15. The predicted molar refractivity (Wildman–Crippen MR) is 113 cm³/mol. The number of rotatable bonds is 4. The normalized spacial score (nSPS) is 10.8. The molecule has 0 bridgehead atoms. The first kappa shape index (κ1) is 21.6. The van der Waals surface area contributed by atoms with Gasteiger partial charge in [0.25, 0.3) is 0 Å². The van der Waals surface area contributed by atoms with Crippen molar-refractivity contribution in [2.75, 3.05) is 5.06 Å². The Morgan fingerprint density at radius 2 is 1.55 bits per heavy atom. The first-order valence-electron chi connectivity index (χ1n) is 8.09. The summed E-state index contributed by atoms with van der Waals surface area (Å²) >= 11 is 23.9. The van der Waals surface area contributed by atoms with Crippen LogP contribution in [0.3, 0.4) is 0 Å². The zero-order valence-corrected chi connectivity index (χ0v) is 17.7. The highest BCUT2D eigenvalue weighted by Crippen LogP contribution is 2.43. The number of anilines is 2. The van der Waals surface area contributed by atoms with Gasteiger partial charge in [-0.1, -0.05) is 52.2 Å². The number of aryl methyl sites for hydroxylation is 1. The third-order valence-corrected chi connectivity index (χ3v) is 5.26. The smallest absolute Gasteiger partial charge is 0.197 e. The molecule has 0 spiro atoms. The van der Waals surface area contributed by atoms with Gasteiger partial charge in [-0.3, -0.25) is 10.0 Å². The van der Waals surface area contributed by atoms with Gasteiger partial charge in [0.2, 0.25) is 0 Å². The number of ketones is 1. The van der Waals surface area contributed by atoms with Crippen LogP contribution in [0.2, 0.25) is 20.1 Å². The van der Waals surface area contributed by atoms with E-state index in [9.17, 15) is 20.2 Å². The van der Waals surface area contributed by atoms with Crippen LogP contribution in [0.15, 0.2) is 42.5 Å². The first-order valence-corrected chi connectivity index (χ1v) is 9.60. The minimum Gasteiger partial charge on any atom is -0.870 e. The number of carbonyl (C=O) groups is 1. The van der Waals surface area contributed by atoms with Crippen molar-refractivity contribution in [1.29, 1.82) is 0 Å². The maximum absolute atomic E-state index is 13.1. The molecule has 0 saturated carbocycles.